The first-order valence-corrected chi connectivity index (χ1v) is 10.0. The van der Waals surface area contributed by atoms with Crippen LogP contribution in [-0.2, 0) is 4.74 Å². The Labute approximate surface area is 177 Å². The number of rotatable bonds is 9. The SMILES string of the molecule is CCN1CCN(C(C)CNC(=NC)NCC2(CCOC)CCC2)CC1.I. The van der Waals surface area contributed by atoms with E-state index in [1.54, 1.807) is 7.11 Å². The van der Waals surface area contributed by atoms with Gasteiger partial charge in [0, 0.05) is 66.1 Å². The van der Waals surface area contributed by atoms with Crippen molar-refractivity contribution in [3.8, 4) is 0 Å². The van der Waals surface area contributed by atoms with E-state index < -0.39 is 0 Å². The van der Waals surface area contributed by atoms with Gasteiger partial charge in [-0.25, -0.2) is 0 Å². The third-order valence-corrected chi connectivity index (χ3v) is 6.15. The quantitative estimate of drug-likeness (QED) is 0.300. The van der Waals surface area contributed by atoms with Crippen LogP contribution in [0.1, 0.15) is 39.5 Å². The summed E-state index contributed by atoms with van der Waals surface area (Å²) in [4.78, 5) is 9.51. The van der Waals surface area contributed by atoms with Gasteiger partial charge < -0.3 is 20.3 Å². The third-order valence-electron chi connectivity index (χ3n) is 6.15. The van der Waals surface area contributed by atoms with Crippen LogP contribution in [-0.4, -0.2) is 88.4 Å². The zero-order chi connectivity index (χ0) is 18.1. The Bertz CT molecular complexity index is 409. The van der Waals surface area contributed by atoms with Crippen molar-refractivity contribution < 1.29 is 4.74 Å². The second-order valence-electron chi connectivity index (χ2n) is 7.72. The van der Waals surface area contributed by atoms with Gasteiger partial charge in [0.1, 0.15) is 0 Å². The number of guanidine groups is 1. The van der Waals surface area contributed by atoms with Crippen molar-refractivity contribution in [2.24, 2.45) is 10.4 Å². The number of ether oxygens (including phenoxy) is 1. The molecule has 26 heavy (non-hydrogen) atoms. The van der Waals surface area contributed by atoms with Gasteiger partial charge in [-0.3, -0.25) is 9.89 Å². The lowest BCUT2D eigenvalue weighted by atomic mass is 9.67. The number of nitrogens with one attached hydrogen (secondary N) is 2. The number of likely N-dealkylation sites (N-methyl/N-ethyl adjacent to an activating group) is 1. The molecule has 1 unspecified atom stereocenters. The molecule has 1 heterocycles. The Balaban J connectivity index is 0.00000338. The van der Waals surface area contributed by atoms with E-state index >= 15 is 0 Å². The number of nitrogens with zero attached hydrogens (tertiary/aromatic N) is 3. The first-order valence-electron chi connectivity index (χ1n) is 10.0. The molecule has 0 aromatic heterocycles. The summed E-state index contributed by atoms with van der Waals surface area (Å²) >= 11 is 0. The second kappa shape index (κ2) is 12.4. The maximum Gasteiger partial charge on any atom is 0.191 e. The predicted molar refractivity (Wildman–Crippen MR) is 121 cm³/mol. The molecule has 2 fully saturated rings. The zero-order valence-electron chi connectivity index (χ0n) is 17.2. The van der Waals surface area contributed by atoms with Crippen molar-refractivity contribution in [1.29, 1.82) is 0 Å². The third kappa shape index (κ3) is 7.13. The lowest BCUT2D eigenvalue weighted by Crippen LogP contribution is -2.53. The summed E-state index contributed by atoms with van der Waals surface area (Å²) in [5.41, 5.74) is 0.412. The standard InChI is InChI=1S/C19H39N5O.HI/c1-5-23-10-12-24(13-11-23)17(2)15-21-18(20-3)22-16-19(7-6-8-19)9-14-25-4;/h17H,5-16H2,1-4H3,(H2,20,21,22);1H. The number of hydrogen-bond acceptors (Lipinski definition) is 4. The molecule has 154 valence electrons. The van der Waals surface area contributed by atoms with Crippen molar-refractivity contribution >= 4 is 29.9 Å². The Morgan fingerprint density at radius 1 is 1.19 bits per heavy atom. The minimum absolute atomic E-state index is 0. The van der Waals surface area contributed by atoms with E-state index in [0.29, 0.717) is 11.5 Å². The van der Waals surface area contributed by atoms with Crippen LogP contribution < -0.4 is 10.6 Å². The second-order valence-corrected chi connectivity index (χ2v) is 7.72. The summed E-state index contributed by atoms with van der Waals surface area (Å²) in [7, 11) is 3.66. The zero-order valence-corrected chi connectivity index (χ0v) is 19.6. The number of halogens is 1. The van der Waals surface area contributed by atoms with E-state index in [4.69, 9.17) is 4.74 Å². The number of piperazine rings is 1. The summed E-state index contributed by atoms with van der Waals surface area (Å²) in [6, 6.07) is 0.531. The largest absolute Gasteiger partial charge is 0.385 e. The Hall–Kier alpha value is -0.120. The molecule has 1 saturated carbocycles. The minimum Gasteiger partial charge on any atom is -0.385 e. The van der Waals surface area contributed by atoms with Gasteiger partial charge in [-0.1, -0.05) is 13.3 Å². The van der Waals surface area contributed by atoms with Gasteiger partial charge in [-0.2, -0.15) is 0 Å². The molecular weight excluding hydrogens is 441 g/mol. The highest BCUT2D eigenvalue weighted by atomic mass is 127. The van der Waals surface area contributed by atoms with E-state index in [9.17, 15) is 0 Å². The molecule has 1 aliphatic carbocycles. The highest BCUT2D eigenvalue weighted by Crippen LogP contribution is 2.43. The van der Waals surface area contributed by atoms with E-state index in [1.807, 2.05) is 7.05 Å². The maximum absolute atomic E-state index is 5.29. The van der Waals surface area contributed by atoms with Crippen LogP contribution in [0.4, 0.5) is 0 Å². The Morgan fingerprint density at radius 3 is 2.38 bits per heavy atom. The van der Waals surface area contributed by atoms with Gasteiger partial charge in [-0.05, 0) is 38.1 Å². The minimum atomic E-state index is 0. The van der Waals surface area contributed by atoms with Gasteiger partial charge in [0.15, 0.2) is 5.96 Å². The summed E-state index contributed by atoms with van der Waals surface area (Å²) < 4.78 is 5.29. The monoisotopic (exact) mass is 481 g/mol. The predicted octanol–water partition coefficient (Wildman–Crippen LogP) is 2.00. The Kier molecular flexibility index (Phi) is 11.4. The van der Waals surface area contributed by atoms with E-state index in [-0.39, 0.29) is 24.0 Å². The normalized spacial score (nSPS) is 22.2. The fraction of sp³-hybridized carbons (Fsp3) is 0.947. The molecule has 1 aliphatic heterocycles. The highest BCUT2D eigenvalue weighted by molar-refractivity contribution is 14.0. The summed E-state index contributed by atoms with van der Waals surface area (Å²) in [6.07, 6.45) is 5.10. The van der Waals surface area contributed by atoms with Crippen LogP contribution in [0.3, 0.4) is 0 Å². The first-order chi connectivity index (χ1) is 12.1. The molecule has 7 heteroatoms. The molecule has 2 N–H and O–H groups in total. The van der Waals surface area contributed by atoms with Crippen LogP contribution in [0.15, 0.2) is 4.99 Å². The van der Waals surface area contributed by atoms with Crippen LogP contribution in [0.2, 0.25) is 0 Å². The van der Waals surface area contributed by atoms with E-state index in [0.717, 1.165) is 32.1 Å². The van der Waals surface area contributed by atoms with E-state index in [2.05, 4.69) is 39.3 Å². The van der Waals surface area contributed by atoms with Crippen molar-refractivity contribution in [3.05, 3.63) is 0 Å². The molecule has 0 aromatic rings. The average Bonchev–Trinajstić information content (AvgIpc) is 2.62. The number of hydrogen-bond donors (Lipinski definition) is 2. The summed E-state index contributed by atoms with van der Waals surface area (Å²) in [6.45, 7) is 13.2. The van der Waals surface area contributed by atoms with Crippen molar-refractivity contribution in [2.75, 3.05) is 66.6 Å². The molecule has 1 atom stereocenters. The van der Waals surface area contributed by atoms with Crippen LogP contribution in [0.25, 0.3) is 0 Å². The number of aliphatic imine (C=N–C) groups is 1. The Morgan fingerprint density at radius 2 is 1.88 bits per heavy atom. The molecule has 0 amide bonds. The molecular formula is C19H40IN5O. The first kappa shape index (κ1) is 23.9. The smallest absolute Gasteiger partial charge is 0.191 e. The van der Waals surface area contributed by atoms with Crippen LogP contribution >= 0.6 is 24.0 Å². The van der Waals surface area contributed by atoms with Gasteiger partial charge in [0.05, 0.1) is 0 Å². The fourth-order valence-electron chi connectivity index (χ4n) is 3.90. The summed E-state index contributed by atoms with van der Waals surface area (Å²) in [5.74, 6) is 0.933. The van der Waals surface area contributed by atoms with Crippen LogP contribution in [0.5, 0.6) is 0 Å². The molecule has 6 nitrogen and oxygen atoms in total. The topological polar surface area (TPSA) is 52.1 Å². The van der Waals surface area contributed by atoms with Crippen LogP contribution in [0, 0.1) is 5.41 Å². The van der Waals surface area contributed by atoms with Gasteiger partial charge in [0.25, 0.3) is 0 Å². The van der Waals surface area contributed by atoms with Crippen molar-refractivity contribution in [1.82, 2.24) is 20.4 Å². The fourth-order valence-corrected chi connectivity index (χ4v) is 3.90. The molecule has 0 radical (unpaired) electrons. The molecule has 0 spiro atoms. The van der Waals surface area contributed by atoms with Crippen molar-refractivity contribution in [2.45, 2.75) is 45.6 Å². The lowest BCUT2D eigenvalue weighted by Gasteiger charge is -2.42. The maximum atomic E-state index is 5.29. The molecule has 0 bridgehead atoms. The number of methoxy groups -OCH3 is 1. The molecule has 2 rings (SSSR count). The van der Waals surface area contributed by atoms with Gasteiger partial charge >= 0.3 is 0 Å². The average molecular weight is 481 g/mol. The molecule has 2 aliphatic rings. The molecule has 0 aromatic carbocycles. The van der Waals surface area contributed by atoms with Gasteiger partial charge in [0.2, 0.25) is 0 Å². The molecule has 1 saturated heterocycles. The van der Waals surface area contributed by atoms with Crippen molar-refractivity contribution in [3.63, 3.8) is 0 Å². The lowest BCUT2D eigenvalue weighted by molar-refractivity contribution is 0.0731. The summed E-state index contributed by atoms with van der Waals surface area (Å²) in [5, 5.41) is 7.07. The van der Waals surface area contributed by atoms with E-state index in [1.165, 1.54) is 52.0 Å². The van der Waals surface area contributed by atoms with Gasteiger partial charge in [-0.15, -0.1) is 24.0 Å². The highest BCUT2D eigenvalue weighted by Gasteiger charge is 2.36.